The van der Waals surface area contributed by atoms with E-state index < -0.39 is 8.32 Å². The second-order valence-electron chi connectivity index (χ2n) is 13.0. The van der Waals surface area contributed by atoms with Crippen LogP contribution < -0.4 is 0 Å². The van der Waals surface area contributed by atoms with E-state index in [1.165, 1.54) is 38.5 Å². The van der Waals surface area contributed by atoms with E-state index in [2.05, 4.69) is 53.8 Å². The minimum Gasteiger partial charge on any atom is -0.414 e. The highest BCUT2D eigenvalue weighted by atomic mass is 28.4. The molecular formula is C27H45FOSi. The smallest absolute Gasteiger partial charge is 0.192 e. The van der Waals surface area contributed by atoms with Crippen molar-refractivity contribution in [2.75, 3.05) is 0 Å². The summed E-state index contributed by atoms with van der Waals surface area (Å²) in [7, 11) is -1.72. The van der Waals surface area contributed by atoms with Crippen molar-refractivity contribution >= 4 is 8.32 Å². The van der Waals surface area contributed by atoms with Crippen LogP contribution in [0.4, 0.5) is 4.39 Å². The molecule has 4 aliphatic carbocycles. The number of hydrogen-bond donors (Lipinski definition) is 0. The molecule has 6 atom stereocenters. The lowest BCUT2D eigenvalue weighted by molar-refractivity contribution is -0.0259. The molecule has 0 aromatic heterocycles. The van der Waals surface area contributed by atoms with Crippen molar-refractivity contribution in [2.24, 2.45) is 28.6 Å². The van der Waals surface area contributed by atoms with Crippen LogP contribution in [-0.4, -0.2) is 14.4 Å². The highest BCUT2D eigenvalue weighted by Gasteiger charge is 2.58. The fraction of sp³-hybridized carbons (Fsp3) is 0.852. The first kappa shape index (κ1) is 22.8. The van der Waals surface area contributed by atoms with Crippen LogP contribution in [0.2, 0.25) is 18.1 Å². The quantitative estimate of drug-likeness (QED) is 0.313. The Hall–Kier alpha value is -0.413. The second kappa shape index (κ2) is 7.30. The van der Waals surface area contributed by atoms with Crippen molar-refractivity contribution in [3.63, 3.8) is 0 Å². The number of rotatable bonds is 2. The van der Waals surface area contributed by atoms with Gasteiger partial charge in [0.05, 0.1) is 5.83 Å². The standard InChI is InChI=1S/C27H45FOSi/c1-18(28)22-11-12-23-21-10-9-19-17-20(29-30(7,8)25(2,3)4)13-15-26(19,5)24(21)14-16-27(22,23)6/h9,20-21,23-24H,10-17H2,1-8H3/b22-18-/t20-,21-,23-,24-,26-,27+/m0/s1. The van der Waals surface area contributed by atoms with Gasteiger partial charge >= 0.3 is 0 Å². The molecule has 30 heavy (non-hydrogen) atoms. The van der Waals surface area contributed by atoms with Gasteiger partial charge in [-0.2, -0.15) is 0 Å². The highest BCUT2D eigenvalue weighted by Crippen LogP contribution is 2.66. The molecule has 0 aromatic rings. The van der Waals surface area contributed by atoms with Gasteiger partial charge in [-0.1, -0.05) is 46.3 Å². The fourth-order valence-corrected chi connectivity index (χ4v) is 9.09. The van der Waals surface area contributed by atoms with Gasteiger partial charge in [0.2, 0.25) is 0 Å². The van der Waals surface area contributed by atoms with Gasteiger partial charge in [-0.25, -0.2) is 4.39 Å². The molecule has 1 nitrogen and oxygen atoms in total. The molecule has 0 bridgehead atoms. The van der Waals surface area contributed by atoms with Crippen molar-refractivity contribution in [3.8, 4) is 0 Å². The molecule has 170 valence electrons. The van der Waals surface area contributed by atoms with Crippen molar-refractivity contribution in [1.29, 1.82) is 0 Å². The van der Waals surface area contributed by atoms with E-state index in [0.717, 1.165) is 30.3 Å². The Kier molecular flexibility index (Phi) is 5.54. The van der Waals surface area contributed by atoms with Gasteiger partial charge in [0, 0.05) is 6.10 Å². The maximum Gasteiger partial charge on any atom is 0.192 e. The zero-order chi connectivity index (χ0) is 22.1. The number of halogens is 1. The Morgan fingerprint density at radius 2 is 1.70 bits per heavy atom. The molecule has 4 rings (SSSR count). The molecule has 0 radical (unpaired) electrons. The summed E-state index contributed by atoms with van der Waals surface area (Å²) in [5.41, 5.74) is 3.30. The molecule has 0 saturated heterocycles. The Bertz CT molecular complexity index is 755. The van der Waals surface area contributed by atoms with Crippen molar-refractivity contribution < 1.29 is 8.82 Å². The van der Waals surface area contributed by atoms with E-state index >= 15 is 0 Å². The maximum atomic E-state index is 14.3. The average Bonchev–Trinajstić information content (AvgIpc) is 2.98. The van der Waals surface area contributed by atoms with Gasteiger partial charge in [0.25, 0.3) is 0 Å². The lowest BCUT2D eigenvalue weighted by Gasteiger charge is -2.58. The molecular weight excluding hydrogens is 387 g/mol. The molecule has 0 aliphatic heterocycles. The van der Waals surface area contributed by atoms with Gasteiger partial charge in [0.15, 0.2) is 8.32 Å². The summed E-state index contributed by atoms with van der Waals surface area (Å²) in [4.78, 5) is 0. The van der Waals surface area contributed by atoms with E-state index in [0.29, 0.717) is 17.4 Å². The van der Waals surface area contributed by atoms with Crippen LogP contribution in [0.3, 0.4) is 0 Å². The summed E-state index contributed by atoms with van der Waals surface area (Å²) in [5.74, 6) is 2.31. The number of allylic oxidation sites excluding steroid dienone is 3. The molecule has 0 heterocycles. The van der Waals surface area contributed by atoms with Gasteiger partial charge in [0.1, 0.15) is 0 Å². The van der Waals surface area contributed by atoms with Crippen LogP contribution in [-0.2, 0) is 4.43 Å². The summed E-state index contributed by atoms with van der Waals surface area (Å²) in [5, 5.41) is 0.274. The van der Waals surface area contributed by atoms with Gasteiger partial charge in [-0.3, -0.25) is 0 Å². The van der Waals surface area contributed by atoms with Gasteiger partial charge in [-0.05, 0) is 111 Å². The molecule has 0 spiro atoms. The predicted octanol–water partition coefficient (Wildman–Crippen LogP) is 8.58. The Morgan fingerprint density at radius 1 is 1.07 bits per heavy atom. The summed E-state index contributed by atoms with van der Waals surface area (Å²) in [6, 6.07) is 0. The molecule has 0 aromatic carbocycles. The third kappa shape index (κ3) is 3.41. The van der Waals surface area contributed by atoms with Crippen molar-refractivity contribution in [3.05, 3.63) is 23.0 Å². The average molecular weight is 433 g/mol. The first-order chi connectivity index (χ1) is 13.8. The van der Waals surface area contributed by atoms with E-state index in [9.17, 15) is 4.39 Å². The van der Waals surface area contributed by atoms with E-state index in [-0.39, 0.29) is 16.3 Å². The minimum atomic E-state index is -1.72. The lowest BCUT2D eigenvalue weighted by Crippen LogP contribution is -2.51. The van der Waals surface area contributed by atoms with Crippen LogP contribution in [0.1, 0.15) is 92.9 Å². The Labute approximate surface area is 186 Å². The summed E-state index contributed by atoms with van der Waals surface area (Å²) >= 11 is 0. The van der Waals surface area contributed by atoms with Crippen LogP contribution in [0.5, 0.6) is 0 Å². The summed E-state index contributed by atoms with van der Waals surface area (Å²) < 4.78 is 21.2. The number of hydrogen-bond acceptors (Lipinski definition) is 1. The van der Waals surface area contributed by atoms with Gasteiger partial charge < -0.3 is 4.43 Å². The van der Waals surface area contributed by atoms with Crippen molar-refractivity contribution in [1.82, 2.24) is 0 Å². The molecule has 0 amide bonds. The minimum absolute atomic E-state index is 0.111. The largest absolute Gasteiger partial charge is 0.414 e. The van der Waals surface area contributed by atoms with Crippen LogP contribution in [0.15, 0.2) is 23.0 Å². The third-order valence-electron chi connectivity index (χ3n) is 10.5. The molecule has 3 saturated carbocycles. The topological polar surface area (TPSA) is 9.23 Å². The Balaban J connectivity index is 1.55. The first-order valence-electron chi connectivity index (χ1n) is 12.5. The second-order valence-corrected chi connectivity index (χ2v) is 17.8. The van der Waals surface area contributed by atoms with Crippen molar-refractivity contribution in [2.45, 2.75) is 117 Å². The SMILES string of the molecule is C/C(F)=C1\CC[C@H]2[C@@H]3CC=C4C[C@@H](O[Si](C)(C)C(C)(C)C)CC[C@]4(C)[C@H]3CC[C@]12C. The number of fused-ring (bicyclic) bond motifs is 5. The van der Waals surface area contributed by atoms with Crippen LogP contribution in [0.25, 0.3) is 0 Å². The zero-order valence-corrected chi connectivity index (χ0v) is 21.8. The predicted molar refractivity (Wildman–Crippen MR) is 128 cm³/mol. The highest BCUT2D eigenvalue weighted by molar-refractivity contribution is 6.74. The maximum absolute atomic E-state index is 14.3. The molecule has 0 N–H and O–H groups in total. The van der Waals surface area contributed by atoms with E-state index in [1.54, 1.807) is 12.5 Å². The first-order valence-corrected chi connectivity index (χ1v) is 15.4. The lowest BCUT2D eigenvalue weighted by atomic mass is 9.48. The monoisotopic (exact) mass is 432 g/mol. The van der Waals surface area contributed by atoms with Gasteiger partial charge in [-0.15, -0.1) is 0 Å². The zero-order valence-electron chi connectivity index (χ0n) is 20.8. The van der Waals surface area contributed by atoms with E-state index in [1.807, 2.05) is 0 Å². The van der Waals surface area contributed by atoms with Crippen LogP contribution in [0, 0.1) is 28.6 Å². The van der Waals surface area contributed by atoms with E-state index in [4.69, 9.17) is 4.43 Å². The summed E-state index contributed by atoms with van der Waals surface area (Å²) in [6.45, 7) is 18.5. The molecule has 0 unspecified atom stereocenters. The van der Waals surface area contributed by atoms with Crippen LogP contribution >= 0.6 is 0 Å². The normalized spacial score (nSPS) is 43.4. The fourth-order valence-electron chi connectivity index (χ4n) is 7.70. The molecule has 4 aliphatic rings. The summed E-state index contributed by atoms with van der Waals surface area (Å²) in [6.07, 6.45) is 12.5. The Morgan fingerprint density at radius 3 is 2.33 bits per heavy atom. The third-order valence-corrected chi connectivity index (χ3v) is 15.1. The molecule has 3 heteroatoms. The molecule has 3 fully saturated rings.